The van der Waals surface area contributed by atoms with Gasteiger partial charge in [0.05, 0.1) is 12.7 Å². The molecular weight excluding hydrogens is 182 g/mol. The Morgan fingerprint density at radius 1 is 1.50 bits per heavy atom. The number of ether oxygens (including phenoxy) is 1. The number of hydrogen-bond donors (Lipinski definition) is 2. The van der Waals surface area contributed by atoms with Gasteiger partial charge < -0.3 is 15.2 Å². The van der Waals surface area contributed by atoms with Crippen LogP contribution in [0.1, 0.15) is 13.8 Å². The monoisotopic (exact) mass is 197 g/mol. The molecule has 1 aromatic heterocycles. The normalized spacial score (nSPS) is 10.3. The highest BCUT2D eigenvalue weighted by molar-refractivity contribution is 5.36. The van der Waals surface area contributed by atoms with Gasteiger partial charge in [0.2, 0.25) is 5.88 Å². The molecule has 0 aliphatic carbocycles. The lowest BCUT2D eigenvalue weighted by Gasteiger charge is -2.09. The standard InChI is InChI=1S/C9H15N3O2/c1-7(2)14-9-5-8(10-3-4-13)11-6-12-9/h5-7,13H,3-4H2,1-2H3,(H,10,11,12). The van der Waals surface area contributed by atoms with Gasteiger partial charge in [0, 0.05) is 12.6 Å². The van der Waals surface area contributed by atoms with Crippen molar-refractivity contribution in [3.63, 3.8) is 0 Å². The van der Waals surface area contributed by atoms with Crippen molar-refractivity contribution in [1.82, 2.24) is 9.97 Å². The van der Waals surface area contributed by atoms with E-state index in [1.807, 2.05) is 13.8 Å². The molecule has 5 nitrogen and oxygen atoms in total. The Hall–Kier alpha value is -1.36. The van der Waals surface area contributed by atoms with Crippen LogP contribution in [0.4, 0.5) is 5.82 Å². The molecule has 0 spiro atoms. The summed E-state index contributed by atoms with van der Waals surface area (Å²) in [5.41, 5.74) is 0. The van der Waals surface area contributed by atoms with E-state index < -0.39 is 0 Å². The van der Waals surface area contributed by atoms with Crippen molar-refractivity contribution in [2.24, 2.45) is 0 Å². The van der Waals surface area contributed by atoms with E-state index >= 15 is 0 Å². The molecule has 1 heterocycles. The summed E-state index contributed by atoms with van der Waals surface area (Å²) in [5.74, 6) is 1.19. The molecule has 0 aliphatic rings. The summed E-state index contributed by atoms with van der Waals surface area (Å²) in [6.45, 7) is 4.41. The second-order valence-electron chi connectivity index (χ2n) is 3.06. The van der Waals surface area contributed by atoms with E-state index in [-0.39, 0.29) is 12.7 Å². The van der Waals surface area contributed by atoms with Gasteiger partial charge in [-0.05, 0) is 13.8 Å². The van der Waals surface area contributed by atoms with Gasteiger partial charge in [-0.25, -0.2) is 9.97 Å². The van der Waals surface area contributed by atoms with Crippen LogP contribution in [0.25, 0.3) is 0 Å². The number of anilines is 1. The van der Waals surface area contributed by atoms with E-state index in [0.29, 0.717) is 18.2 Å². The highest BCUT2D eigenvalue weighted by atomic mass is 16.5. The molecule has 2 N–H and O–H groups in total. The van der Waals surface area contributed by atoms with Crippen molar-refractivity contribution in [3.05, 3.63) is 12.4 Å². The molecule has 0 bridgehead atoms. The summed E-state index contributed by atoms with van der Waals surface area (Å²) in [6.07, 6.45) is 1.52. The van der Waals surface area contributed by atoms with Gasteiger partial charge in [-0.1, -0.05) is 0 Å². The molecule has 0 saturated carbocycles. The van der Waals surface area contributed by atoms with Gasteiger partial charge in [0.25, 0.3) is 0 Å². The van der Waals surface area contributed by atoms with Crippen LogP contribution in [0.3, 0.4) is 0 Å². The molecule has 0 saturated heterocycles. The number of nitrogens with zero attached hydrogens (tertiary/aromatic N) is 2. The fourth-order valence-electron chi connectivity index (χ4n) is 0.926. The van der Waals surface area contributed by atoms with Gasteiger partial charge >= 0.3 is 0 Å². The molecule has 78 valence electrons. The first-order chi connectivity index (χ1) is 6.72. The molecule has 0 unspecified atom stereocenters. The fraction of sp³-hybridized carbons (Fsp3) is 0.556. The Bertz CT molecular complexity index is 279. The predicted molar refractivity (Wildman–Crippen MR) is 53.4 cm³/mol. The third kappa shape index (κ3) is 3.57. The lowest BCUT2D eigenvalue weighted by Crippen LogP contribution is -2.10. The van der Waals surface area contributed by atoms with Crippen LogP contribution in [0.2, 0.25) is 0 Å². The van der Waals surface area contributed by atoms with E-state index in [0.717, 1.165) is 0 Å². The quantitative estimate of drug-likeness (QED) is 0.726. The lowest BCUT2D eigenvalue weighted by atomic mass is 10.4. The van der Waals surface area contributed by atoms with Gasteiger partial charge in [-0.3, -0.25) is 0 Å². The van der Waals surface area contributed by atoms with Crippen LogP contribution in [0.5, 0.6) is 5.88 Å². The van der Waals surface area contributed by atoms with Crippen LogP contribution in [-0.2, 0) is 0 Å². The van der Waals surface area contributed by atoms with Gasteiger partial charge in [-0.15, -0.1) is 0 Å². The van der Waals surface area contributed by atoms with Gasteiger partial charge in [-0.2, -0.15) is 0 Å². The van der Waals surface area contributed by atoms with Gasteiger partial charge in [0.1, 0.15) is 12.1 Å². The Morgan fingerprint density at radius 3 is 2.93 bits per heavy atom. The first-order valence-electron chi connectivity index (χ1n) is 4.56. The molecule has 1 rings (SSSR count). The van der Waals surface area contributed by atoms with E-state index in [1.165, 1.54) is 6.33 Å². The minimum atomic E-state index is 0.0738. The number of aliphatic hydroxyl groups excluding tert-OH is 1. The molecule has 0 aromatic carbocycles. The van der Waals surface area contributed by atoms with E-state index in [1.54, 1.807) is 6.07 Å². The zero-order valence-corrected chi connectivity index (χ0v) is 8.40. The molecule has 0 radical (unpaired) electrons. The van der Waals surface area contributed by atoms with Crippen molar-refractivity contribution in [2.75, 3.05) is 18.5 Å². The smallest absolute Gasteiger partial charge is 0.218 e. The third-order valence-electron chi connectivity index (χ3n) is 1.42. The predicted octanol–water partition coefficient (Wildman–Crippen LogP) is 0.668. The average Bonchev–Trinajstić information content (AvgIpc) is 2.14. The third-order valence-corrected chi connectivity index (χ3v) is 1.42. The van der Waals surface area contributed by atoms with Crippen molar-refractivity contribution in [2.45, 2.75) is 20.0 Å². The Kier molecular flexibility index (Phi) is 4.12. The van der Waals surface area contributed by atoms with Crippen LogP contribution >= 0.6 is 0 Å². The summed E-state index contributed by atoms with van der Waals surface area (Å²) in [7, 11) is 0. The number of nitrogens with one attached hydrogen (secondary N) is 1. The topological polar surface area (TPSA) is 67.3 Å². The number of rotatable bonds is 5. The maximum absolute atomic E-state index is 8.61. The zero-order valence-electron chi connectivity index (χ0n) is 8.40. The number of aliphatic hydroxyl groups is 1. The Balaban J connectivity index is 2.59. The highest BCUT2D eigenvalue weighted by Gasteiger charge is 2.00. The molecule has 0 amide bonds. The summed E-state index contributed by atoms with van der Waals surface area (Å²) in [4.78, 5) is 7.92. The minimum absolute atomic E-state index is 0.0738. The van der Waals surface area contributed by atoms with Crippen LogP contribution < -0.4 is 10.1 Å². The molecule has 14 heavy (non-hydrogen) atoms. The summed E-state index contributed by atoms with van der Waals surface area (Å²) < 4.78 is 5.38. The second kappa shape index (κ2) is 5.39. The molecule has 0 fully saturated rings. The van der Waals surface area contributed by atoms with Crippen molar-refractivity contribution >= 4 is 5.82 Å². The van der Waals surface area contributed by atoms with Gasteiger partial charge in [0.15, 0.2) is 0 Å². The maximum atomic E-state index is 8.61. The van der Waals surface area contributed by atoms with E-state index in [4.69, 9.17) is 9.84 Å². The molecular formula is C9H15N3O2. The highest BCUT2D eigenvalue weighted by Crippen LogP contribution is 2.11. The minimum Gasteiger partial charge on any atom is -0.475 e. The second-order valence-corrected chi connectivity index (χ2v) is 3.06. The molecule has 0 aliphatic heterocycles. The van der Waals surface area contributed by atoms with Crippen molar-refractivity contribution < 1.29 is 9.84 Å². The fourth-order valence-corrected chi connectivity index (χ4v) is 0.926. The SMILES string of the molecule is CC(C)Oc1cc(NCCO)ncn1. The van der Waals surface area contributed by atoms with Crippen LogP contribution in [-0.4, -0.2) is 34.3 Å². The molecule has 1 aromatic rings. The zero-order chi connectivity index (χ0) is 10.4. The van der Waals surface area contributed by atoms with Crippen molar-refractivity contribution in [1.29, 1.82) is 0 Å². The number of aromatic nitrogens is 2. The summed E-state index contributed by atoms with van der Waals surface area (Å²) >= 11 is 0. The first kappa shape index (κ1) is 10.7. The van der Waals surface area contributed by atoms with E-state index in [9.17, 15) is 0 Å². The van der Waals surface area contributed by atoms with Crippen LogP contribution in [0, 0.1) is 0 Å². The summed E-state index contributed by atoms with van der Waals surface area (Å²) in [5, 5.41) is 11.5. The van der Waals surface area contributed by atoms with Crippen LogP contribution in [0.15, 0.2) is 12.4 Å². The maximum Gasteiger partial charge on any atom is 0.218 e. The van der Waals surface area contributed by atoms with E-state index in [2.05, 4.69) is 15.3 Å². The Labute approximate surface area is 83.2 Å². The molecule has 0 atom stereocenters. The average molecular weight is 197 g/mol. The Morgan fingerprint density at radius 2 is 2.29 bits per heavy atom. The first-order valence-corrected chi connectivity index (χ1v) is 4.56. The molecule has 5 heteroatoms. The largest absolute Gasteiger partial charge is 0.475 e. The summed E-state index contributed by atoms with van der Waals surface area (Å²) in [6, 6.07) is 1.70. The number of hydrogen-bond acceptors (Lipinski definition) is 5. The lowest BCUT2D eigenvalue weighted by molar-refractivity contribution is 0.232. The van der Waals surface area contributed by atoms with Crippen molar-refractivity contribution in [3.8, 4) is 5.88 Å².